The van der Waals surface area contributed by atoms with E-state index in [4.69, 9.17) is 16.3 Å². The minimum Gasteiger partial charge on any atom is -0.471 e. The molecule has 2 aromatic heterocycles. The van der Waals surface area contributed by atoms with E-state index in [1.807, 2.05) is 26.2 Å². The Hall–Kier alpha value is -1.50. The van der Waals surface area contributed by atoms with E-state index in [1.165, 1.54) is 11.3 Å². The number of ketones is 1. The molecule has 0 bridgehead atoms. The standard InChI is InChI=1S/C20H26ClN3O2S/c1-20(2,3)26-19-16(22-7-8-23-19)13-24-9-4-14(5-10-24)12-17(25)18-15(21)6-11-27-18/h6-8,11,14H,4-5,9-10,12-13H2,1-3H3. The van der Waals surface area contributed by atoms with Crippen LogP contribution in [0.2, 0.25) is 5.02 Å². The number of thiophene rings is 1. The van der Waals surface area contributed by atoms with Gasteiger partial charge >= 0.3 is 0 Å². The molecule has 1 saturated heterocycles. The van der Waals surface area contributed by atoms with Crippen molar-refractivity contribution in [2.45, 2.75) is 52.2 Å². The van der Waals surface area contributed by atoms with E-state index in [0.29, 0.717) is 28.1 Å². The summed E-state index contributed by atoms with van der Waals surface area (Å²) in [5, 5.41) is 2.45. The average molecular weight is 408 g/mol. The molecule has 146 valence electrons. The summed E-state index contributed by atoms with van der Waals surface area (Å²) in [6.45, 7) is 8.63. The van der Waals surface area contributed by atoms with Crippen LogP contribution in [0.15, 0.2) is 23.8 Å². The van der Waals surface area contributed by atoms with E-state index in [0.717, 1.165) is 38.2 Å². The molecule has 2 aromatic rings. The summed E-state index contributed by atoms with van der Waals surface area (Å²) < 4.78 is 5.94. The molecule has 3 rings (SSSR count). The highest BCUT2D eigenvalue weighted by Gasteiger charge is 2.25. The Labute approximate surface area is 169 Å². The molecule has 1 aliphatic rings. The zero-order valence-electron chi connectivity index (χ0n) is 16.1. The lowest BCUT2D eigenvalue weighted by atomic mass is 9.91. The van der Waals surface area contributed by atoms with Crippen LogP contribution in [0.5, 0.6) is 5.88 Å². The maximum Gasteiger partial charge on any atom is 0.237 e. The molecule has 0 amide bonds. The summed E-state index contributed by atoms with van der Waals surface area (Å²) in [6, 6.07) is 1.79. The van der Waals surface area contributed by atoms with E-state index >= 15 is 0 Å². The smallest absolute Gasteiger partial charge is 0.237 e. The number of carbonyl (C=O) groups is 1. The summed E-state index contributed by atoms with van der Waals surface area (Å²) in [5.74, 6) is 1.19. The van der Waals surface area contributed by atoms with Crippen LogP contribution in [0.4, 0.5) is 0 Å². The van der Waals surface area contributed by atoms with Crippen molar-refractivity contribution in [1.82, 2.24) is 14.9 Å². The van der Waals surface area contributed by atoms with Gasteiger partial charge in [0.2, 0.25) is 5.88 Å². The lowest BCUT2D eigenvalue weighted by molar-refractivity contribution is 0.0925. The highest BCUT2D eigenvalue weighted by atomic mass is 35.5. The van der Waals surface area contributed by atoms with E-state index in [-0.39, 0.29) is 11.4 Å². The molecule has 3 heterocycles. The second-order valence-corrected chi connectivity index (χ2v) is 9.29. The van der Waals surface area contributed by atoms with Gasteiger partial charge in [0.15, 0.2) is 5.78 Å². The van der Waals surface area contributed by atoms with Gasteiger partial charge in [-0.15, -0.1) is 11.3 Å². The monoisotopic (exact) mass is 407 g/mol. The van der Waals surface area contributed by atoms with Gasteiger partial charge in [-0.1, -0.05) is 11.6 Å². The zero-order valence-corrected chi connectivity index (χ0v) is 17.6. The fourth-order valence-electron chi connectivity index (χ4n) is 3.25. The Morgan fingerprint density at radius 1 is 1.30 bits per heavy atom. The van der Waals surface area contributed by atoms with E-state index in [9.17, 15) is 4.79 Å². The summed E-state index contributed by atoms with van der Waals surface area (Å²) >= 11 is 7.52. The van der Waals surface area contributed by atoms with Gasteiger partial charge < -0.3 is 4.74 Å². The van der Waals surface area contributed by atoms with Crippen molar-refractivity contribution in [3.05, 3.63) is 39.4 Å². The zero-order chi connectivity index (χ0) is 19.4. The van der Waals surface area contributed by atoms with Crippen molar-refractivity contribution in [2.24, 2.45) is 5.92 Å². The first-order valence-electron chi connectivity index (χ1n) is 9.29. The third-order valence-corrected chi connectivity index (χ3v) is 5.95. The number of Topliss-reactive ketones (excluding diaryl/α,β-unsaturated/α-hetero) is 1. The minimum atomic E-state index is -0.304. The van der Waals surface area contributed by atoms with Crippen molar-refractivity contribution in [1.29, 1.82) is 0 Å². The van der Waals surface area contributed by atoms with Crippen LogP contribution < -0.4 is 4.74 Å². The number of ether oxygens (including phenoxy) is 1. The van der Waals surface area contributed by atoms with E-state index < -0.39 is 0 Å². The number of rotatable bonds is 6. The molecule has 0 aromatic carbocycles. The van der Waals surface area contributed by atoms with E-state index in [1.54, 1.807) is 18.5 Å². The third kappa shape index (κ3) is 5.74. The molecule has 0 N–H and O–H groups in total. The number of piperidine rings is 1. The lowest BCUT2D eigenvalue weighted by Crippen LogP contribution is -2.34. The van der Waals surface area contributed by atoms with Crippen LogP contribution in [-0.4, -0.2) is 39.3 Å². The largest absolute Gasteiger partial charge is 0.471 e. The Morgan fingerprint density at radius 2 is 2.00 bits per heavy atom. The van der Waals surface area contributed by atoms with Crippen LogP contribution in [0.1, 0.15) is 55.4 Å². The fourth-order valence-corrected chi connectivity index (χ4v) is 4.36. The Morgan fingerprint density at radius 3 is 2.63 bits per heavy atom. The number of nitrogens with zero attached hydrogens (tertiary/aromatic N) is 3. The molecule has 0 radical (unpaired) electrons. The molecule has 27 heavy (non-hydrogen) atoms. The van der Waals surface area contributed by atoms with Crippen LogP contribution in [-0.2, 0) is 6.54 Å². The van der Waals surface area contributed by atoms with Crippen molar-refractivity contribution < 1.29 is 9.53 Å². The van der Waals surface area contributed by atoms with Gasteiger partial charge in [-0.25, -0.2) is 4.98 Å². The maximum atomic E-state index is 12.4. The molecule has 0 saturated carbocycles. The number of carbonyl (C=O) groups excluding carboxylic acids is 1. The topological polar surface area (TPSA) is 55.3 Å². The molecule has 0 unspecified atom stereocenters. The maximum absolute atomic E-state index is 12.4. The van der Waals surface area contributed by atoms with E-state index in [2.05, 4.69) is 14.9 Å². The molecule has 0 atom stereocenters. The van der Waals surface area contributed by atoms with Crippen LogP contribution in [0.25, 0.3) is 0 Å². The van der Waals surface area contributed by atoms with Gasteiger partial charge in [-0.3, -0.25) is 14.7 Å². The first-order valence-corrected chi connectivity index (χ1v) is 10.5. The second-order valence-electron chi connectivity index (χ2n) is 7.97. The number of aromatic nitrogens is 2. The summed E-state index contributed by atoms with van der Waals surface area (Å²) in [4.78, 5) is 24.3. The van der Waals surface area contributed by atoms with Crippen molar-refractivity contribution in [3.63, 3.8) is 0 Å². The van der Waals surface area contributed by atoms with Crippen LogP contribution in [0.3, 0.4) is 0 Å². The fraction of sp³-hybridized carbons (Fsp3) is 0.550. The molecule has 0 aliphatic carbocycles. The number of hydrogen-bond donors (Lipinski definition) is 0. The Kier molecular flexibility index (Phi) is 6.50. The van der Waals surface area contributed by atoms with Gasteiger partial charge in [-0.05, 0) is 64.1 Å². The van der Waals surface area contributed by atoms with Crippen molar-refractivity contribution >= 4 is 28.7 Å². The molecule has 1 aliphatic heterocycles. The number of likely N-dealkylation sites (tertiary alicyclic amines) is 1. The molecule has 5 nitrogen and oxygen atoms in total. The second kappa shape index (κ2) is 8.67. The normalized spacial score (nSPS) is 16.4. The molecule has 0 spiro atoms. The average Bonchev–Trinajstić information content (AvgIpc) is 3.03. The van der Waals surface area contributed by atoms with Crippen LogP contribution >= 0.6 is 22.9 Å². The highest BCUT2D eigenvalue weighted by molar-refractivity contribution is 7.12. The SMILES string of the molecule is CC(C)(C)Oc1nccnc1CN1CCC(CC(=O)c2sccc2Cl)CC1. The lowest BCUT2D eigenvalue weighted by Gasteiger charge is -2.32. The summed E-state index contributed by atoms with van der Waals surface area (Å²) in [7, 11) is 0. The molecule has 1 fully saturated rings. The predicted octanol–water partition coefficient (Wildman–Crippen LogP) is 4.85. The van der Waals surface area contributed by atoms with Gasteiger partial charge in [0.1, 0.15) is 11.3 Å². The quantitative estimate of drug-likeness (QED) is 0.640. The van der Waals surface area contributed by atoms with Gasteiger partial charge in [-0.2, -0.15) is 0 Å². The summed E-state index contributed by atoms with van der Waals surface area (Å²) in [6.07, 6.45) is 5.96. The third-order valence-electron chi connectivity index (χ3n) is 4.56. The Balaban J connectivity index is 1.53. The van der Waals surface area contributed by atoms with Crippen molar-refractivity contribution in [2.75, 3.05) is 13.1 Å². The van der Waals surface area contributed by atoms with Gasteiger partial charge in [0.25, 0.3) is 0 Å². The minimum absolute atomic E-state index is 0.170. The first-order chi connectivity index (χ1) is 12.8. The number of hydrogen-bond acceptors (Lipinski definition) is 6. The van der Waals surface area contributed by atoms with Crippen molar-refractivity contribution in [3.8, 4) is 5.88 Å². The van der Waals surface area contributed by atoms with Gasteiger partial charge in [0.05, 0.1) is 9.90 Å². The Bertz CT molecular complexity index is 780. The molecular formula is C20H26ClN3O2S. The summed E-state index contributed by atoms with van der Waals surface area (Å²) in [5.41, 5.74) is 0.564. The van der Waals surface area contributed by atoms with Gasteiger partial charge in [0, 0.05) is 25.4 Å². The molecule has 7 heteroatoms. The first kappa shape index (κ1) is 20.2. The predicted molar refractivity (Wildman–Crippen MR) is 109 cm³/mol. The van der Waals surface area contributed by atoms with Crippen LogP contribution in [0, 0.1) is 5.92 Å². The number of halogens is 1. The molecular weight excluding hydrogens is 382 g/mol. The highest BCUT2D eigenvalue weighted by Crippen LogP contribution is 2.29.